The van der Waals surface area contributed by atoms with Crippen LogP contribution in [0.3, 0.4) is 0 Å². The van der Waals surface area contributed by atoms with Gasteiger partial charge in [-0.2, -0.15) is 0 Å². The van der Waals surface area contributed by atoms with E-state index in [1.165, 1.54) is 0 Å². The number of hydrogen-bond acceptors (Lipinski definition) is 4. The molecular weight excluding hydrogens is 304 g/mol. The van der Waals surface area contributed by atoms with Gasteiger partial charge in [0.05, 0.1) is 20.1 Å². The molecule has 1 aromatic rings. The quantitative estimate of drug-likeness (QED) is 0.891. The van der Waals surface area contributed by atoms with E-state index in [9.17, 15) is 4.79 Å². The summed E-state index contributed by atoms with van der Waals surface area (Å²) >= 11 is 0. The number of methoxy groups -OCH3 is 2. The Kier molecular flexibility index (Phi) is 6.50. The zero-order valence-corrected chi connectivity index (χ0v) is 14.2. The van der Waals surface area contributed by atoms with Crippen molar-refractivity contribution in [3.8, 4) is 11.5 Å². The molecule has 1 aromatic carbocycles. The van der Waals surface area contributed by atoms with E-state index in [4.69, 9.17) is 15.2 Å². The number of nitrogens with two attached hydrogens (primary N) is 1. The smallest absolute Gasteiger partial charge is 0.229 e. The third kappa shape index (κ3) is 4.05. The fourth-order valence-electron chi connectivity index (χ4n) is 2.93. The lowest BCUT2D eigenvalue weighted by Crippen LogP contribution is -2.51. The van der Waals surface area contributed by atoms with Crippen LogP contribution in [0.25, 0.3) is 0 Å². The van der Waals surface area contributed by atoms with Crippen molar-refractivity contribution in [3.05, 3.63) is 18.2 Å². The van der Waals surface area contributed by atoms with Crippen molar-refractivity contribution in [1.82, 2.24) is 0 Å². The lowest BCUT2D eigenvalue weighted by Gasteiger charge is -2.37. The molecule has 2 rings (SSSR count). The number of carbonyl (C=O) groups is 1. The molecule has 0 aliphatic heterocycles. The van der Waals surface area contributed by atoms with Gasteiger partial charge in [0.1, 0.15) is 0 Å². The third-order valence-corrected chi connectivity index (χ3v) is 4.22. The molecule has 2 unspecified atom stereocenters. The number of halogens is 1. The summed E-state index contributed by atoms with van der Waals surface area (Å²) in [7, 11) is 3.15. The Bertz CT molecular complexity index is 520. The van der Waals surface area contributed by atoms with E-state index in [0.29, 0.717) is 17.2 Å². The second-order valence-corrected chi connectivity index (χ2v) is 5.86. The third-order valence-electron chi connectivity index (χ3n) is 4.22. The van der Waals surface area contributed by atoms with E-state index in [1.54, 1.807) is 32.4 Å². The predicted molar refractivity (Wildman–Crippen MR) is 90.0 cm³/mol. The van der Waals surface area contributed by atoms with Crippen molar-refractivity contribution in [2.75, 3.05) is 19.5 Å². The monoisotopic (exact) mass is 328 g/mol. The Morgan fingerprint density at radius 2 is 1.95 bits per heavy atom. The van der Waals surface area contributed by atoms with Gasteiger partial charge in [-0.05, 0) is 31.9 Å². The molecule has 0 saturated heterocycles. The lowest BCUT2D eigenvalue weighted by atomic mass is 9.74. The van der Waals surface area contributed by atoms with Gasteiger partial charge in [-0.1, -0.05) is 12.8 Å². The molecule has 0 spiro atoms. The van der Waals surface area contributed by atoms with Gasteiger partial charge in [-0.25, -0.2) is 0 Å². The maximum absolute atomic E-state index is 12.5. The number of nitrogens with one attached hydrogen (secondary N) is 1. The van der Waals surface area contributed by atoms with Crippen LogP contribution in [-0.2, 0) is 4.79 Å². The fraction of sp³-hybridized carbons (Fsp3) is 0.562. The summed E-state index contributed by atoms with van der Waals surface area (Å²) < 4.78 is 10.4. The van der Waals surface area contributed by atoms with Crippen LogP contribution in [0.2, 0.25) is 0 Å². The number of hydrogen-bond donors (Lipinski definition) is 2. The number of anilines is 1. The molecule has 1 amide bonds. The first-order valence-electron chi connectivity index (χ1n) is 7.29. The van der Waals surface area contributed by atoms with E-state index in [1.807, 2.05) is 6.92 Å². The summed E-state index contributed by atoms with van der Waals surface area (Å²) in [6, 6.07) is 5.33. The standard InChI is InChI=1S/C16H24N2O3.ClH/c1-16(17)9-5-4-6-12(16)15(19)18-11-7-8-13(20-2)14(10-11)21-3;/h7-8,10,12H,4-6,9,17H2,1-3H3,(H,18,19);1H. The maximum Gasteiger partial charge on any atom is 0.229 e. The summed E-state index contributed by atoms with van der Waals surface area (Å²) in [5.41, 5.74) is 6.53. The molecule has 22 heavy (non-hydrogen) atoms. The molecule has 5 nitrogen and oxygen atoms in total. The minimum atomic E-state index is -0.432. The highest BCUT2D eigenvalue weighted by Crippen LogP contribution is 2.34. The van der Waals surface area contributed by atoms with E-state index in [0.717, 1.165) is 25.7 Å². The van der Waals surface area contributed by atoms with Crippen LogP contribution in [-0.4, -0.2) is 25.7 Å². The Morgan fingerprint density at radius 3 is 2.55 bits per heavy atom. The van der Waals surface area contributed by atoms with Gasteiger partial charge in [0.15, 0.2) is 11.5 Å². The SMILES string of the molecule is COc1ccc(NC(=O)C2CCCCC2(C)N)cc1OC.Cl. The van der Waals surface area contributed by atoms with Crippen LogP contribution in [0.5, 0.6) is 11.5 Å². The van der Waals surface area contributed by atoms with E-state index in [2.05, 4.69) is 5.32 Å². The van der Waals surface area contributed by atoms with Gasteiger partial charge in [0.2, 0.25) is 5.91 Å². The molecule has 3 N–H and O–H groups in total. The van der Waals surface area contributed by atoms with E-state index < -0.39 is 5.54 Å². The molecule has 1 aliphatic carbocycles. The van der Waals surface area contributed by atoms with Crippen LogP contribution in [0, 0.1) is 5.92 Å². The van der Waals surface area contributed by atoms with Crippen LogP contribution in [0.15, 0.2) is 18.2 Å². The number of carbonyl (C=O) groups excluding carboxylic acids is 1. The number of rotatable bonds is 4. The minimum absolute atomic E-state index is 0. The zero-order valence-electron chi connectivity index (χ0n) is 13.3. The van der Waals surface area contributed by atoms with Crippen LogP contribution < -0.4 is 20.5 Å². The van der Waals surface area contributed by atoms with Crippen molar-refractivity contribution >= 4 is 24.0 Å². The molecule has 2 atom stereocenters. The zero-order chi connectivity index (χ0) is 15.5. The molecule has 124 valence electrons. The first-order chi connectivity index (χ1) is 9.97. The summed E-state index contributed by atoms with van der Waals surface area (Å²) in [6.45, 7) is 1.96. The second kappa shape index (κ2) is 7.70. The van der Waals surface area contributed by atoms with Gasteiger partial charge in [-0.3, -0.25) is 4.79 Å². The molecule has 1 aliphatic rings. The Balaban J connectivity index is 0.00000242. The van der Waals surface area contributed by atoms with Gasteiger partial charge < -0.3 is 20.5 Å². The summed E-state index contributed by atoms with van der Waals surface area (Å²) in [4.78, 5) is 12.5. The predicted octanol–water partition coefficient (Wildman–Crippen LogP) is 2.97. The number of amides is 1. The molecule has 0 radical (unpaired) electrons. The van der Waals surface area contributed by atoms with Crippen molar-refractivity contribution in [2.24, 2.45) is 11.7 Å². The van der Waals surface area contributed by atoms with Crippen LogP contribution in [0.1, 0.15) is 32.6 Å². The van der Waals surface area contributed by atoms with Crippen LogP contribution >= 0.6 is 12.4 Å². The molecule has 1 saturated carbocycles. The fourth-order valence-corrected chi connectivity index (χ4v) is 2.93. The van der Waals surface area contributed by atoms with Crippen LogP contribution in [0.4, 0.5) is 5.69 Å². The average molecular weight is 329 g/mol. The Hall–Kier alpha value is -1.46. The van der Waals surface area contributed by atoms with Gasteiger partial charge in [0.25, 0.3) is 0 Å². The molecule has 6 heteroatoms. The normalized spacial score (nSPS) is 24.1. The van der Waals surface area contributed by atoms with Gasteiger partial charge >= 0.3 is 0 Å². The summed E-state index contributed by atoms with van der Waals surface area (Å²) in [5, 5.41) is 2.94. The molecular formula is C16H25ClN2O3. The minimum Gasteiger partial charge on any atom is -0.493 e. The number of ether oxygens (including phenoxy) is 2. The van der Waals surface area contributed by atoms with E-state index in [-0.39, 0.29) is 24.2 Å². The van der Waals surface area contributed by atoms with Gasteiger partial charge in [-0.15, -0.1) is 12.4 Å². The highest BCUT2D eigenvalue weighted by atomic mass is 35.5. The lowest BCUT2D eigenvalue weighted by molar-refractivity contribution is -0.122. The van der Waals surface area contributed by atoms with Crippen molar-refractivity contribution in [2.45, 2.75) is 38.1 Å². The summed E-state index contributed by atoms with van der Waals surface area (Å²) in [5.74, 6) is 1.05. The van der Waals surface area contributed by atoms with Crippen molar-refractivity contribution in [3.63, 3.8) is 0 Å². The summed E-state index contributed by atoms with van der Waals surface area (Å²) in [6.07, 6.45) is 3.87. The maximum atomic E-state index is 12.5. The van der Waals surface area contributed by atoms with Crippen molar-refractivity contribution < 1.29 is 14.3 Å². The number of benzene rings is 1. The largest absolute Gasteiger partial charge is 0.493 e. The molecule has 1 fully saturated rings. The van der Waals surface area contributed by atoms with Crippen molar-refractivity contribution in [1.29, 1.82) is 0 Å². The Morgan fingerprint density at radius 1 is 1.27 bits per heavy atom. The first-order valence-corrected chi connectivity index (χ1v) is 7.29. The Labute approximate surface area is 138 Å². The second-order valence-electron chi connectivity index (χ2n) is 5.86. The highest BCUT2D eigenvalue weighted by molar-refractivity contribution is 5.93. The highest BCUT2D eigenvalue weighted by Gasteiger charge is 2.37. The first kappa shape index (κ1) is 18.6. The molecule has 0 heterocycles. The van der Waals surface area contributed by atoms with E-state index >= 15 is 0 Å². The topological polar surface area (TPSA) is 73.6 Å². The average Bonchev–Trinajstić information content (AvgIpc) is 2.46. The molecule has 0 aromatic heterocycles. The molecule has 0 bridgehead atoms. The van der Waals surface area contributed by atoms with Gasteiger partial charge in [0, 0.05) is 17.3 Å².